The lowest BCUT2D eigenvalue weighted by Crippen LogP contribution is -2.43. The number of benzene rings is 1. The number of carbonyl (C=O) groups excluding carboxylic acids is 2. The number of thiophene rings is 4. The van der Waals surface area contributed by atoms with E-state index in [4.69, 9.17) is 21.4 Å². The Morgan fingerprint density at radius 1 is 0.429 bits per heavy atom. The minimum Gasteiger partial charge on any atom is -0.326 e. The SMILES string of the molecule is CC(C)CCC[C@H](C)CC(N)C(N)C[C@@H](C)CCCC(C)C.CC(C)CCC[C@H](C)Cc1nc2c3ccsc3c3sccc3c2nc1C[C@@H](C)CCCC(C)C.O=C1C(=O)c2ccsc2-c2sccc21. The van der Waals surface area contributed by atoms with Crippen LogP contribution in [0.1, 0.15) is 205 Å². The minimum absolute atomic E-state index is 0.168. The Kier molecular flexibility index (Phi) is 23.7. The van der Waals surface area contributed by atoms with E-state index in [9.17, 15) is 9.59 Å². The number of Topliss-reactive ketones (excluding diaryl/α,β-unsaturated/α-hetero) is 2. The highest BCUT2D eigenvalue weighted by atomic mass is 32.1. The van der Waals surface area contributed by atoms with Gasteiger partial charge in [-0.15, -0.1) is 45.3 Å². The number of nitrogens with two attached hydrogens (primary N) is 2. The van der Waals surface area contributed by atoms with Crippen LogP contribution >= 0.6 is 45.3 Å². The number of ketones is 2. The van der Waals surface area contributed by atoms with Crippen LogP contribution in [-0.4, -0.2) is 33.6 Å². The summed E-state index contributed by atoms with van der Waals surface area (Å²) >= 11 is 6.71. The number of rotatable bonds is 25. The highest BCUT2D eigenvalue weighted by Gasteiger charge is 2.32. The maximum Gasteiger partial charge on any atom is 0.235 e. The van der Waals surface area contributed by atoms with Crippen molar-refractivity contribution in [1.82, 2.24) is 9.97 Å². The maximum atomic E-state index is 11.6. The molecule has 0 bridgehead atoms. The Labute approximate surface area is 439 Å². The van der Waals surface area contributed by atoms with E-state index < -0.39 is 0 Å². The van der Waals surface area contributed by atoms with Crippen LogP contribution in [0.5, 0.6) is 0 Å². The van der Waals surface area contributed by atoms with Crippen LogP contribution in [0.15, 0.2) is 45.8 Å². The van der Waals surface area contributed by atoms with E-state index >= 15 is 0 Å². The van der Waals surface area contributed by atoms with Crippen molar-refractivity contribution >= 4 is 88.1 Å². The second-order valence-electron chi connectivity index (χ2n) is 23.1. The van der Waals surface area contributed by atoms with Gasteiger partial charge in [0.2, 0.25) is 11.6 Å². The molecule has 5 aromatic heterocycles. The predicted octanol–water partition coefficient (Wildman–Crippen LogP) is 18.3. The third kappa shape index (κ3) is 17.1. The van der Waals surface area contributed by atoms with Gasteiger partial charge in [-0.25, -0.2) is 9.97 Å². The minimum atomic E-state index is -0.368. The molecule has 0 saturated carbocycles. The Balaban J connectivity index is 0.000000216. The molecule has 6 aromatic rings. The Bertz CT molecular complexity index is 2340. The summed E-state index contributed by atoms with van der Waals surface area (Å²) < 4.78 is 2.75. The number of aromatic nitrogens is 2. The standard InChI is InChI=1S/C30H42N2S2.C20H44N2.C10H4O2S2/c1-19(2)9-7-11-21(5)17-25-26(18-22(6)12-8-10-20(3)4)32-28-24-14-16-34-30(24)29-23(13-15-33-29)27(28)31-25;1-15(2)9-7-11-17(5)13-19(21)20(22)14-18(6)12-8-10-16(3)4;11-7-5-1-3-13-9(5)10-6(8(7)12)2-4-14-10/h13-16,19-22H,7-12,17-18H2,1-6H3;15-20H,7-14,21-22H2,1-6H3;1-4H/t21-,22-;17-,18-,19?,20?;/m00./s1. The average Bonchev–Trinajstić information content (AvgIpc) is 4.13. The molecule has 7 rings (SSSR count). The summed E-state index contributed by atoms with van der Waals surface area (Å²) in [5.41, 5.74) is 18.6. The van der Waals surface area contributed by atoms with Crippen LogP contribution in [-0.2, 0) is 12.8 Å². The fourth-order valence-electron chi connectivity index (χ4n) is 10.00. The Morgan fingerprint density at radius 2 is 0.743 bits per heavy atom. The lowest BCUT2D eigenvalue weighted by atomic mass is 9.87. The fourth-order valence-corrected chi connectivity index (χ4v) is 14.0. The van der Waals surface area contributed by atoms with Gasteiger partial charge in [0.15, 0.2) is 0 Å². The van der Waals surface area contributed by atoms with Gasteiger partial charge in [0.05, 0.1) is 41.6 Å². The zero-order valence-corrected chi connectivity index (χ0v) is 48.5. The van der Waals surface area contributed by atoms with Gasteiger partial charge in [0.1, 0.15) is 0 Å². The van der Waals surface area contributed by atoms with Crippen LogP contribution in [0.4, 0.5) is 0 Å². The number of nitrogens with zero attached hydrogens (tertiary/aromatic N) is 2. The van der Waals surface area contributed by atoms with Gasteiger partial charge in [0, 0.05) is 34.0 Å². The first kappa shape index (κ1) is 58.0. The van der Waals surface area contributed by atoms with E-state index in [0.29, 0.717) is 34.8 Å². The van der Waals surface area contributed by atoms with Crippen LogP contribution in [0.25, 0.3) is 41.0 Å². The molecule has 1 aliphatic carbocycles. The van der Waals surface area contributed by atoms with Gasteiger partial charge in [0.25, 0.3) is 0 Å². The van der Waals surface area contributed by atoms with Crippen molar-refractivity contribution in [3.05, 3.63) is 68.3 Å². The van der Waals surface area contributed by atoms with E-state index in [2.05, 4.69) is 106 Å². The van der Waals surface area contributed by atoms with Crippen molar-refractivity contribution in [2.75, 3.05) is 0 Å². The number of carbonyl (C=O) groups is 2. The first-order valence-corrected chi connectivity index (χ1v) is 30.7. The molecular formula is C60H90N4O2S4. The molecular weight excluding hydrogens is 937 g/mol. The second kappa shape index (κ2) is 28.6. The summed E-state index contributed by atoms with van der Waals surface area (Å²) in [4.78, 5) is 35.9. The molecule has 4 N–H and O–H groups in total. The molecule has 6 nitrogen and oxygen atoms in total. The third-order valence-electron chi connectivity index (χ3n) is 14.2. The average molecular weight is 1030 g/mol. The number of hydrogen-bond donors (Lipinski definition) is 2. The summed E-state index contributed by atoms with van der Waals surface area (Å²) in [6, 6.07) is 8.29. The first-order chi connectivity index (χ1) is 33.3. The van der Waals surface area contributed by atoms with Crippen LogP contribution in [0.3, 0.4) is 0 Å². The quantitative estimate of drug-likeness (QED) is 0.0553. The molecule has 10 heteroatoms. The first-order valence-electron chi connectivity index (χ1n) is 27.2. The molecule has 2 unspecified atom stereocenters. The second-order valence-corrected chi connectivity index (χ2v) is 26.7. The molecule has 0 fully saturated rings. The Morgan fingerprint density at radius 3 is 1.07 bits per heavy atom. The molecule has 6 atom stereocenters. The number of fused-ring (bicyclic) bond motifs is 9. The zero-order chi connectivity index (χ0) is 51.1. The van der Waals surface area contributed by atoms with Crippen LogP contribution in [0, 0.1) is 47.3 Å². The third-order valence-corrected chi connectivity index (χ3v) is 18.2. The molecule has 0 spiro atoms. The summed E-state index contributed by atoms with van der Waals surface area (Å²) in [5, 5.41) is 10.7. The van der Waals surface area contributed by atoms with Gasteiger partial charge in [-0.1, -0.05) is 160 Å². The van der Waals surface area contributed by atoms with Crippen molar-refractivity contribution in [1.29, 1.82) is 0 Å². The van der Waals surface area contributed by atoms with E-state index in [1.54, 1.807) is 12.1 Å². The molecule has 386 valence electrons. The molecule has 0 radical (unpaired) electrons. The van der Waals surface area contributed by atoms with Crippen LogP contribution < -0.4 is 11.5 Å². The van der Waals surface area contributed by atoms with E-state index in [1.165, 1.54) is 131 Å². The molecule has 0 amide bonds. The van der Waals surface area contributed by atoms with Gasteiger partial charge in [-0.2, -0.15) is 0 Å². The molecule has 0 aliphatic heterocycles. The number of hydrogen-bond acceptors (Lipinski definition) is 10. The highest BCUT2D eigenvalue weighted by molar-refractivity contribution is 7.26. The zero-order valence-electron chi connectivity index (χ0n) is 45.2. The van der Waals surface area contributed by atoms with Crippen LogP contribution in [0.2, 0.25) is 0 Å². The lowest BCUT2D eigenvalue weighted by Gasteiger charge is -2.25. The summed E-state index contributed by atoms with van der Waals surface area (Å²) in [5.74, 6) is 5.16. The largest absolute Gasteiger partial charge is 0.326 e. The normalized spacial score (nSPS) is 15.3. The van der Waals surface area contributed by atoms with Gasteiger partial charge < -0.3 is 11.5 Å². The van der Waals surface area contributed by atoms with Crippen molar-refractivity contribution in [2.24, 2.45) is 58.8 Å². The Hall–Kier alpha value is -2.86. The molecule has 0 saturated heterocycles. The van der Waals surface area contributed by atoms with Crippen molar-refractivity contribution in [3.8, 4) is 9.75 Å². The molecule has 5 heterocycles. The van der Waals surface area contributed by atoms with Gasteiger partial charge in [-0.05, 0) is 119 Å². The highest BCUT2D eigenvalue weighted by Crippen LogP contribution is 2.42. The summed E-state index contributed by atoms with van der Waals surface area (Å²) in [6.07, 6.45) is 20.0. The molecule has 1 aliphatic rings. The molecule has 1 aromatic carbocycles. The van der Waals surface area contributed by atoms with E-state index in [-0.39, 0.29) is 23.7 Å². The van der Waals surface area contributed by atoms with Crippen molar-refractivity contribution in [3.63, 3.8) is 0 Å². The fraction of sp³-hybridized carbons (Fsp3) is 0.633. The van der Waals surface area contributed by atoms with Crippen molar-refractivity contribution < 1.29 is 9.59 Å². The molecule has 70 heavy (non-hydrogen) atoms. The maximum absolute atomic E-state index is 11.6. The predicted molar refractivity (Wildman–Crippen MR) is 311 cm³/mol. The van der Waals surface area contributed by atoms with Gasteiger partial charge in [-0.3, -0.25) is 9.59 Å². The lowest BCUT2D eigenvalue weighted by molar-refractivity contribution is 0.0816. The smallest absolute Gasteiger partial charge is 0.235 e. The van der Waals surface area contributed by atoms with E-state index in [1.807, 2.05) is 33.4 Å². The van der Waals surface area contributed by atoms with Gasteiger partial charge >= 0.3 is 0 Å². The monoisotopic (exact) mass is 1030 g/mol. The topological polar surface area (TPSA) is 112 Å². The van der Waals surface area contributed by atoms with E-state index in [0.717, 1.165) is 70.1 Å². The summed E-state index contributed by atoms with van der Waals surface area (Å²) in [6.45, 7) is 28.0. The van der Waals surface area contributed by atoms with Crippen molar-refractivity contribution in [2.45, 2.75) is 198 Å². The summed E-state index contributed by atoms with van der Waals surface area (Å²) in [7, 11) is 0.